The summed E-state index contributed by atoms with van der Waals surface area (Å²) in [6, 6.07) is 16.9. The van der Waals surface area contributed by atoms with Crippen molar-refractivity contribution in [2.75, 3.05) is 26.0 Å². The highest BCUT2D eigenvalue weighted by molar-refractivity contribution is 5.72. The van der Waals surface area contributed by atoms with Crippen molar-refractivity contribution in [2.45, 2.75) is 6.61 Å². The molecule has 3 N–H and O–H groups in total. The molecule has 8 heteroatoms. The Morgan fingerprint density at radius 2 is 1.91 bits per heavy atom. The van der Waals surface area contributed by atoms with Crippen molar-refractivity contribution < 1.29 is 9.47 Å². The molecular weight excluding hydrogens is 420 g/mol. The summed E-state index contributed by atoms with van der Waals surface area (Å²) in [5.74, 6) is 1.68. The van der Waals surface area contributed by atoms with Gasteiger partial charge in [0.15, 0.2) is 0 Å². The lowest BCUT2D eigenvalue weighted by molar-refractivity contribution is 0.303. The third-order valence-electron chi connectivity index (χ3n) is 4.98. The number of anilines is 1. The summed E-state index contributed by atoms with van der Waals surface area (Å²) in [7, 11) is 4.83. The predicted molar refractivity (Wildman–Crippen MR) is 131 cm³/mol. The van der Waals surface area contributed by atoms with Crippen LogP contribution in [-0.2, 0) is 13.7 Å². The Hall–Kier alpha value is -4.20. The van der Waals surface area contributed by atoms with Gasteiger partial charge in [-0.05, 0) is 29.3 Å². The zero-order valence-electron chi connectivity index (χ0n) is 19.0. The first-order valence-corrected chi connectivity index (χ1v) is 10.4. The number of rotatable bonds is 10. The normalized spacial score (nSPS) is 11.1. The molecule has 0 fully saturated rings. The number of hydrogen-bond acceptors (Lipinski definition) is 6. The molecule has 1 aromatic heterocycles. The molecule has 0 spiro atoms. The van der Waals surface area contributed by atoms with Crippen molar-refractivity contribution in [3.63, 3.8) is 0 Å². The molecular formula is C25H28N4O4. The van der Waals surface area contributed by atoms with Gasteiger partial charge in [0.1, 0.15) is 23.9 Å². The van der Waals surface area contributed by atoms with E-state index < -0.39 is 11.2 Å². The molecule has 3 rings (SSSR count). The van der Waals surface area contributed by atoms with Gasteiger partial charge in [-0.3, -0.25) is 14.3 Å². The second-order valence-electron chi connectivity index (χ2n) is 7.34. The molecule has 2 aromatic carbocycles. The number of H-pyrrole nitrogens is 1. The lowest BCUT2D eigenvalue weighted by Gasteiger charge is -2.15. The van der Waals surface area contributed by atoms with Crippen LogP contribution < -0.4 is 31.4 Å². The van der Waals surface area contributed by atoms with Gasteiger partial charge in [-0.2, -0.15) is 0 Å². The van der Waals surface area contributed by atoms with Crippen LogP contribution in [0.1, 0.15) is 11.1 Å². The van der Waals surface area contributed by atoms with E-state index in [1.54, 1.807) is 7.11 Å². The first-order chi connectivity index (χ1) is 15.9. The van der Waals surface area contributed by atoms with Crippen molar-refractivity contribution in [1.29, 1.82) is 0 Å². The van der Waals surface area contributed by atoms with Gasteiger partial charge < -0.3 is 20.1 Å². The minimum atomic E-state index is -0.485. The second kappa shape index (κ2) is 10.9. The third kappa shape index (κ3) is 6.16. The van der Waals surface area contributed by atoms with Crippen molar-refractivity contribution >= 4 is 11.5 Å². The quantitative estimate of drug-likeness (QED) is 0.413. The topological polar surface area (TPSA) is 97.4 Å². The van der Waals surface area contributed by atoms with Crippen molar-refractivity contribution in [3.05, 3.63) is 105 Å². The Kier molecular flexibility index (Phi) is 7.75. The van der Waals surface area contributed by atoms with Crippen LogP contribution in [0, 0.1) is 0 Å². The minimum Gasteiger partial charge on any atom is -0.496 e. The Balaban J connectivity index is 1.72. The van der Waals surface area contributed by atoms with Gasteiger partial charge in [0, 0.05) is 44.0 Å². The van der Waals surface area contributed by atoms with Gasteiger partial charge in [-0.1, -0.05) is 36.9 Å². The third-order valence-corrected chi connectivity index (χ3v) is 4.98. The van der Waals surface area contributed by atoms with Crippen LogP contribution in [0.3, 0.4) is 0 Å². The van der Waals surface area contributed by atoms with Gasteiger partial charge in [0.2, 0.25) is 0 Å². The molecule has 0 radical (unpaired) electrons. The maximum absolute atomic E-state index is 11.8. The minimum absolute atomic E-state index is 0.328. The number of nitrogens with zero attached hydrogens (tertiary/aromatic N) is 1. The molecule has 8 nitrogen and oxygen atoms in total. The summed E-state index contributed by atoms with van der Waals surface area (Å²) in [5, 5.41) is 6.18. The molecule has 0 aliphatic rings. The van der Waals surface area contributed by atoms with E-state index in [-0.39, 0.29) is 0 Å². The highest BCUT2D eigenvalue weighted by Gasteiger charge is 2.10. The van der Waals surface area contributed by atoms with Gasteiger partial charge in [-0.15, -0.1) is 0 Å². The predicted octanol–water partition coefficient (Wildman–Crippen LogP) is 2.89. The summed E-state index contributed by atoms with van der Waals surface area (Å²) in [4.78, 5) is 26.1. The molecule has 0 amide bonds. The van der Waals surface area contributed by atoms with E-state index in [0.717, 1.165) is 27.0 Å². The number of aromatic amines is 1. The zero-order chi connectivity index (χ0) is 23.8. The molecule has 33 heavy (non-hydrogen) atoms. The van der Waals surface area contributed by atoms with Gasteiger partial charge in [-0.25, -0.2) is 4.79 Å². The maximum atomic E-state index is 11.8. The van der Waals surface area contributed by atoms with Gasteiger partial charge in [0.05, 0.1) is 7.11 Å². The van der Waals surface area contributed by atoms with Crippen LogP contribution in [0.25, 0.3) is 5.70 Å². The summed E-state index contributed by atoms with van der Waals surface area (Å²) >= 11 is 0. The average Bonchev–Trinajstić information content (AvgIpc) is 2.83. The van der Waals surface area contributed by atoms with Crippen molar-refractivity contribution in [1.82, 2.24) is 14.9 Å². The van der Waals surface area contributed by atoms with E-state index in [0.29, 0.717) is 30.5 Å². The molecule has 0 aliphatic heterocycles. The standard InChI is InChI=1S/C25H28N4O4/c1-17(15-27-23-14-24(30)29(3)25(31)28-23)12-21(26-2)20-11-10-19(13-22(20)32-4)33-16-18-8-6-5-7-9-18/h5-14,26-27H,1,15-16H2,2-4H3,(H,28,31)/b21-12-. The number of hydrogen-bond donors (Lipinski definition) is 3. The number of nitrogens with one attached hydrogen (secondary N) is 3. The van der Waals surface area contributed by atoms with E-state index in [1.807, 2.05) is 61.7 Å². The molecule has 0 bridgehead atoms. The lowest BCUT2D eigenvalue weighted by atomic mass is 10.1. The molecule has 0 atom stereocenters. The maximum Gasteiger partial charge on any atom is 0.329 e. The Bertz CT molecular complexity index is 1230. The van der Waals surface area contributed by atoms with E-state index in [1.165, 1.54) is 13.1 Å². The van der Waals surface area contributed by atoms with Gasteiger partial charge in [0.25, 0.3) is 5.56 Å². The van der Waals surface area contributed by atoms with E-state index in [2.05, 4.69) is 22.2 Å². The largest absolute Gasteiger partial charge is 0.496 e. The average molecular weight is 449 g/mol. The summed E-state index contributed by atoms with van der Waals surface area (Å²) in [5.41, 5.74) is 2.57. The van der Waals surface area contributed by atoms with Crippen LogP contribution in [0.4, 0.5) is 5.82 Å². The van der Waals surface area contributed by atoms with Crippen LogP contribution in [0.5, 0.6) is 11.5 Å². The highest BCUT2D eigenvalue weighted by atomic mass is 16.5. The van der Waals surface area contributed by atoms with E-state index in [9.17, 15) is 9.59 Å². The first-order valence-electron chi connectivity index (χ1n) is 10.4. The monoisotopic (exact) mass is 448 g/mol. The van der Waals surface area contributed by atoms with Crippen molar-refractivity contribution in [2.24, 2.45) is 7.05 Å². The smallest absolute Gasteiger partial charge is 0.329 e. The second-order valence-corrected chi connectivity index (χ2v) is 7.34. The molecule has 3 aromatic rings. The number of benzene rings is 2. The Morgan fingerprint density at radius 1 is 1.15 bits per heavy atom. The summed E-state index contributed by atoms with van der Waals surface area (Å²) in [6.07, 6.45) is 1.87. The zero-order valence-corrected chi connectivity index (χ0v) is 19.0. The van der Waals surface area contributed by atoms with Crippen LogP contribution in [0.15, 0.2) is 82.4 Å². The fraction of sp³-hybridized carbons (Fsp3) is 0.200. The SMILES string of the molecule is C=C(/C=C(\NC)c1ccc(OCc2ccccc2)cc1OC)CNc1cc(=O)n(C)c(=O)[nH]1. The van der Waals surface area contributed by atoms with E-state index >= 15 is 0 Å². The summed E-state index contributed by atoms with van der Waals surface area (Å²) in [6.45, 7) is 4.85. The fourth-order valence-electron chi connectivity index (χ4n) is 3.12. The molecule has 0 saturated heterocycles. The fourth-order valence-corrected chi connectivity index (χ4v) is 3.12. The number of ether oxygens (including phenoxy) is 2. The van der Waals surface area contributed by atoms with Crippen LogP contribution in [-0.4, -0.2) is 30.3 Å². The number of aromatic nitrogens is 2. The molecule has 1 heterocycles. The Labute approximate surface area is 192 Å². The highest BCUT2D eigenvalue weighted by Crippen LogP contribution is 2.30. The van der Waals surface area contributed by atoms with Crippen LogP contribution in [0.2, 0.25) is 0 Å². The van der Waals surface area contributed by atoms with Crippen LogP contribution >= 0.6 is 0 Å². The molecule has 0 aliphatic carbocycles. The summed E-state index contributed by atoms with van der Waals surface area (Å²) < 4.78 is 12.5. The van der Waals surface area contributed by atoms with Gasteiger partial charge >= 0.3 is 5.69 Å². The molecule has 172 valence electrons. The lowest BCUT2D eigenvalue weighted by Crippen LogP contribution is -2.32. The Morgan fingerprint density at radius 3 is 2.58 bits per heavy atom. The first kappa shape index (κ1) is 23.5. The molecule has 0 unspecified atom stereocenters. The van der Waals surface area contributed by atoms with E-state index in [4.69, 9.17) is 9.47 Å². The number of methoxy groups -OCH3 is 1. The van der Waals surface area contributed by atoms with Crippen molar-refractivity contribution in [3.8, 4) is 11.5 Å². The molecule has 0 saturated carbocycles.